The number of amides is 1. The summed E-state index contributed by atoms with van der Waals surface area (Å²) in [5, 5.41) is 0. The number of benzene rings is 1. The van der Waals surface area contributed by atoms with Crippen LogP contribution in [0.3, 0.4) is 0 Å². The molecule has 0 atom stereocenters. The summed E-state index contributed by atoms with van der Waals surface area (Å²) in [4.78, 5) is 19.0. The molecule has 0 bridgehead atoms. The van der Waals surface area contributed by atoms with Crippen LogP contribution in [0.4, 0.5) is 4.39 Å². The lowest BCUT2D eigenvalue weighted by atomic mass is 10.1. The van der Waals surface area contributed by atoms with Crippen LogP contribution in [0, 0.1) is 5.82 Å². The van der Waals surface area contributed by atoms with Gasteiger partial charge in [0.05, 0.1) is 6.54 Å². The first-order chi connectivity index (χ1) is 13.5. The van der Waals surface area contributed by atoms with Crippen molar-refractivity contribution in [3.63, 3.8) is 0 Å². The third-order valence-electron chi connectivity index (χ3n) is 5.40. The Hall–Kier alpha value is -2.18. The maximum atomic E-state index is 14.0. The first kappa shape index (κ1) is 20.6. The van der Waals surface area contributed by atoms with E-state index in [1.54, 1.807) is 18.2 Å². The van der Waals surface area contributed by atoms with Crippen LogP contribution in [0.5, 0.6) is 0 Å². The number of halogens is 1. The predicted molar refractivity (Wildman–Crippen MR) is 108 cm³/mol. The molecule has 152 valence electrons. The molecule has 1 aromatic heterocycles. The number of nitrogens with zero attached hydrogens (tertiary/aromatic N) is 3. The van der Waals surface area contributed by atoms with Crippen LogP contribution in [0.2, 0.25) is 0 Å². The lowest BCUT2D eigenvalue weighted by molar-refractivity contribution is 0.0608. The lowest BCUT2D eigenvalue weighted by Crippen LogP contribution is -2.48. The molecule has 28 heavy (non-hydrogen) atoms. The highest BCUT2D eigenvalue weighted by molar-refractivity contribution is 5.91. The Morgan fingerprint density at radius 3 is 2.46 bits per heavy atom. The van der Waals surface area contributed by atoms with Gasteiger partial charge in [-0.1, -0.05) is 25.1 Å². The molecule has 0 radical (unpaired) electrons. The minimum Gasteiger partial charge on any atom is -0.455 e. The Balaban J connectivity index is 1.63. The van der Waals surface area contributed by atoms with Gasteiger partial charge in [0.2, 0.25) is 0 Å². The summed E-state index contributed by atoms with van der Waals surface area (Å²) in [5.41, 5.74) is 0.660. The van der Waals surface area contributed by atoms with E-state index in [0.717, 1.165) is 38.5 Å². The van der Waals surface area contributed by atoms with Crippen molar-refractivity contribution < 1.29 is 13.6 Å². The summed E-state index contributed by atoms with van der Waals surface area (Å²) in [6, 6.07) is 10.7. The lowest BCUT2D eigenvalue weighted by Gasteiger charge is -2.33. The van der Waals surface area contributed by atoms with E-state index >= 15 is 0 Å². The summed E-state index contributed by atoms with van der Waals surface area (Å²) in [7, 11) is 0. The number of rotatable bonds is 7. The molecule has 1 aliphatic heterocycles. The molecule has 0 unspecified atom stereocenters. The Labute approximate surface area is 166 Å². The molecule has 6 heteroatoms. The average Bonchev–Trinajstić information content (AvgIpc) is 3.17. The van der Waals surface area contributed by atoms with Gasteiger partial charge < -0.3 is 14.2 Å². The molecule has 5 nitrogen and oxygen atoms in total. The Morgan fingerprint density at radius 2 is 1.82 bits per heavy atom. The standard InChI is InChI=1S/C22H30FN3O2/c1-4-24-11-13-25(14-12-24)22(27)21-10-9-19(28-21)16-26(17(2)3)15-18-7-5-6-8-20(18)23/h5-10,17H,4,11-16H2,1-3H3. The molecule has 3 rings (SSSR count). The summed E-state index contributed by atoms with van der Waals surface area (Å²) in [6.07, 6.45) is 0. The van der Waals surface area contributed by atoms with Crippen LogP contribution >= 0.6 is 0 Å². The zero-order valence-electron chi connectivity index (χ0n) is 17.0. The maximum absolute atomic E-state index is 14.0. The van der Waals surface area contributed by atoms with Crippen molar-refractivity contribution in [1.29, 1.82) is 0 Å². The Morgan fingerprint density at radius 1 is 1.11 bits per heavy atom. The molecule has 1 saturated heterocycles. The zero-order valence-corrected chi connectivity index (χ0v) is 17.0. The molecule has 0 spiro atoms. The predicted octanol–water partition coefficient (Wildman–Crippen LogP) is 3.61. The first-order valence-corrected chi connectivity index (χ1v) is 10.1. The third-order valence-corrected chi connectivity index (χ3v) is 5.40. The summed E-state index contributed by atoms with van der Waals surface area (Å²) < 4.78 is 19.9. The molecular weight excluding hydrogens is 357 g/mol. The molecule has 0 saturated carbocycles. The van der Waals surface area contributed by atoms with Gasteiger partial charge in [-0.15, -0.1) is 0 Å². The van der Waals surface area contributed by atoms with Crippen LogP contribution in [-0.4, -0.2) is 59.4 Å². The van der Waals surface area contributed by atoms with E-state index in [1.165, 1.54) is 6.07 Å². The molecule has 0 aliphatic carbocycles. The van der Waals surface area contributed by atoms with Gasteiger partial charge in [0.1, 0.15) is 11.6 Å². The molecule has 1 amide bonds. The number of likely N-dealkylation sites (N-methyl/N-ethyl adjacent to an activating group) is 1. The second-order valence-corrected chi connectivity index (χ2v) is 7.58. The minimum absolute atomic E-state index is 0.0489. The quantitative estimate of drug-likeness (QED) is 0.728. The topological polar surface area (TPSA) is 39.9 Å². The van der Waals surface area contributed by atoms with Crippen LogP contribution in [-0.2, 0) is 13.1 Å². The SMILES string of the molecule is CCN1CCN(C(=O)c2ccc(CN(Cc3ccccc3F)C(C)C)o2)CC1. The van der Waals surface area contributed by atoms with E-state index in [-0.39, 0.29) is 17.8 Å². The van der Waals surface area contributed by atoms with E-state index in [9.17, 15) is 9.18 Å². The smallest absolute Gasteiger partial charge is 0.289 e. The fraction of sp³-hybridized carbons (Fsp3) is 0.500. The first-order valence-electron chi connectivity index (χ1n) is 10.1. The number of carbonyl (C=O) groups excluding carboxylic acids is 1. The van der Waals surface area contributed by atoms with Gasteiger partial charge in [0.25, 0.3) is 5.91 Å². The summed E-state index contributed by atoms with van der Waals surface area (Å²) in [5.74, 6) is 0.858. The van der Waals surface area contributed by atoms with Crippen LogP contribution in [0.15, 0.2) is 40.8 Å². The van der Waals surface area contributed by atoms with Crippen molar-refractivity contribution in [2.75, 3.05) is 32.7 Å². The van der Waals surface area contributed by atoms with E-state index < -0.39 is 0 Å². The van der Waals surface area contributed by atoms with Crippen LogP contribution in [0.1, 0.15) is 42.6 Å². The third kappa shape index (κ3) is 5.00. The highest BCUT2D eigenvalue weighted by atomic mass is 19.1. The number of furan rings is 1. The molecule has 1 aliphatic rings. The molecule has 1 fully saturated rings. The van der Waals surface area contributed by atoms with Crippen molar-refractivity contribution >= 4 is 5.91 Å². The van der Waals surface area contributed by atoms with Gasteiger partial charge in [-0.25, -0.2) is 4.39 Å². The molecule has 0 N–H and O–H groups in total. The largest absolute Gasteiger partial charge is 0.455 e. The van der Waals surface area contributed by atoms with Gasteiger partial charge >= 0.3 is 0 Å². The van der Waals surface area contributed by atoms with Gasteiger partial charge in [-0.2, -0.15) is 0 Å². The molecule has 2 aromatic rings. The molecular formula is C22H30FN3O2. The van der Waals surface area contributed by atoms with Crippen molar-refractivity contribution in [1.82, 2.24) is 14.7 Å². The molecule has 1 aromatic carbocycles. The van der Waals surface area contributed by atoms with Gasteiger partial charge in [0.15, 0.2) is 5.76 Å². The average molecular weight is 387 g/mol. The van der Waals surface area contributed by atoms with Crippen molar-refractivity contribution in [2.24, 2.45) is 0 Å². The number of hydrogen-bond donors (Lipinski definition) is 0. The van der Waals surface area contributed by atoms with Gasteiger partial charge in [0, 0.05) is 44.3 Å². The van der Waals surface area contributed by atoms with E-state index in [2.05, 4.69) is 30.6 Å². The van der Waals surface area contributed by atoms with Crippen molar-refractivity contribution in [3.05, 3.63) is 59.3 Å². The highest BCUT2D eigenvalue weighted by Crippen LogP contribution is 2.18. The van der Waals surface area contributed by atoms with Crippen LogP contribution < -0.4 is 0 Å². The van der Waals surface area contributed by atoms with Crippen molar-refractivity contribution in [3.8, 4) is 0 Å². The minimum atomic E-state index is -0.199. The molecule has 2 heterocycles. The second-order valence-electron chi connectivity index (χ2n) is 7.58. The zero-order chi connectivity index (χ0) is 20.1. The Kier molecular flexibility index (Phi) is 6.86. The maximum Gasteiger partial charge on any atom is 0.289 e. The number of carbonyl (C=O) groups is 1. The second kappa shape index (κ2) is 9.34. The number of piperazine rings is 1. The van der Waals surface area contributed by atoms with E-state index in [1.807, 2.05) is 17.0 Å². The Bertz CT molecular complexity index is 782. The monoisotopic (exact) mass is 387 g/mol. The normalized spacial score (nSPS) is 15.6. The summed E-state index contributed by atoms with van der Waals surface area (Å²) >= 11 is 0. The van der Waals surface area contributed by atoms with E-state index in [0.29, 0.717) is 24.4 Å². The fourth-order valence-electron chi connectivity index (χ4n) is 3.47. The number of hydrogen-bond acceptors (Lipinski definition) is 4. The fourth-order valence-corrected chi connectivity index (χ4v) is 3.47. The van der Waals surface area contributed by atoms with Gasteiger partial charge in [-0.05, 0) is 38.6 Å². The highest BCUT2D eigenvalue weighted by Gasteiger charge is 2.24. The van der Waals surface area contributed by atoms with E-state index in [4.69, 9.17) is 4.42 Å². The summed E-state index contributed by atoms with van der Waals surface area (Å²) in [6.45, 7) is 11.6. The van der Waals surface area contributed by atoms with Crippen LogP contribution in [0.25, 0.3) is 0 Å². The van der Waals surface area contributed by atoms with Crippen molar-refractivity contribution in [2.45, 2.75) is 39.9 Å². The van der Waals surface area contributed by atoms with Gasteiger partial charge in [-0.3, -0.25) is 9.69 Å².